The van der Waals surface area contributed by atoms with E-state index in [1.807, 2.05) is 5.10 Å². The third kappa shape index (κ3) is 2.21. The number of carboxylic acid groups (broad SMARTS) is 1. The number of nitrogens with one attached hydrogen (secondary N) is 1. The Labute approximate surface area is 85.0 Å². The van der Waals surface area contributed by atoms with Gasteiger partial charge in [0, 0.05) is 6.07 Å². The van der Waals surface area contributed by atoms with Crippen LogP contribution in [-0.2, 0) is 9.84 Å². The maximum absolute atomic E-state index is 11.3. The topological polar surface area (TPSA) is 117 Å². The average Bonchev–Trinajstić information content (AvgIpc) is 2.65. The fourth-order valence-corrected chi connectivity index (χ4v) is 1.51. The molecular weight excluding hydrogens is 224 g/mol. The highest BCUT2D eigenvalue weighted by Gasteiger charge is 2.25. The Bertz CT molecular complexity index is 501. The smallest absolute Gasteiger partial charge is 0.353 e. The van der Waals surface area contributed by atoms with E-state index in [1.165, 1.54) is 6.92 Å². The van der Waals surface area contributed by atoms with Gasteiger partial charge in [0.2, 0.25) is 9.84 Å². The summed E-state index contributed by atoms with van der Waals surface area (Å²) in [5.74, 6) is -1.66. The van der Waals surface area contributed by atoms with Gasteiger partial charge >= 0.3 is 5.97 Å². The number of carboxylic acids is 1. The minimum atomic E-state index is -3.88. The average molecular weight is 232 g/mol. The molecule has 0 bridgehead atoms. The molecule has 0 aliphatic rings. The number of aromatic nitrogens is 2. The molecule has 0 fully saturated rings. The fraction of sp³-hybridized carbons (Fsp3) is 0.286. The first kappa shape index (κ1) is 11.4. The summed E-state index contributed by atoms with van der Waals surface area (Å²) in [5, 5.41) is 12.7. The van der Waals surface area contributed by atoms with Crippen LogP contribution in [0.5, 0.6) is 0 Å². The van der Waals surface area contributed by atoms with Gasteiger partial charge in [0.15, 0.2) is 0 Å². The van der Waals surface area contributed by atoms with Gasteiger partial charge in [0.05, 0.1) is 5.75 Å². The molecule has 0 unspecified atom stereocenters. The van der Waals surface area contributed by atoms with Gasteiger partial charge in [-0.3, -0.25) is 9.89 Å². The van der Waals surface area contributed by atoms with Gasteiger partial charge < -0.3 is 5.11 Å². The molecule has 0 saturated carbocycles. The predicted molar refractivity (Wildman–Crippen MR) is 49.3 cm³/mol. The fourth-order valence-electron chi connectivity index (χ4n) is 0.826. The van der Waals surface area contributed by atoms with E-state index in [4.69, 9.17) is 5.11 Å². The van der Waals surface area contributed by atoms with Crippen LogP contribution in [0.25, 0.3) is 0 Å². The molecule has 1 rings (SSSR count). The number of hydrogen-bond donors (Lipinski definition) is 2. The van der Waals surface area contributed by atoms with Gasteiger partial charge in [0.25, 0.3) is 5.12 Å². The summed E-state index contributed by atoms with van der Waals surface area (Å²) in [7, 11) is -3.88. The lowest BCUT2D eigenvalue weighted by molar-refractivity contribution is 0.0690. The quantitative estimate of drug-likeness (QED) is 0.737. The lowest BCUT2D eigenvalue weighted by Gasteiger charge is -1.94. The molecular formula is C7H8N2O5S. The molecule has 2 N–H and O–H groups in total. The molecule has 0 spiro atoms. The Kier molecular flexibility index (Phi) is 2.89. The molecule has 8 heteroatoms. The highest BCUT2D eigenvalue weighted by Crippen LogP contribution is 2.06. The van der Waals surface area contributed by atoms with Crippen LogP contribution < -0.4 is 0 Å². The Morgan fingerprint density at radius 1 is 1.53 bits per heavy atom. The second kappa shape index (κ2) is 3.81. The van der Waals surface area contributed by atoms with Gasteiger partial charge in [-0.1, -0.05) is 6.92 Å². The minimum Gasteiger partial charge on any atom is -0.477 e. The van der Waals surface area contributed by atoms with Crippen molar-refractivity contribution in [3.63, 3.8) is 0 Å². The Morgan fingerprint density at radius 3 is 2.53 bits per heavy atom. The van der Waals surface area contributed by atoms with E-state index >= 15 is 0 Å². The molecule has 0 saturated heterocycles. The molecule has 0 aliphatic heterocycles. The molecule has 0 radical (unpaired) electrons. The van der Waals surface area contributed by atoms with Gasteiger partial charge in [-0.25, -0.2) is 13.2 Å². The van der Waals surface area contributed by atoms with Crippen LogP contribution >= 0.6 is 0 Å². The summed E-state index contributed by atoms with van der Waals surface area (Å²) in [5.41, 5.74) is -0.737. The number of nitrogens with zero attached hydrogens (tertiary/aromatic N) is 1. The summed E-state index contributed by atoms with van der Waals surface area (Å²) in [4.78, 5) is 21.7. The normalized spacial score (nSPS) is 11.3. The van der Waals surface area contributed by atoms with Crippen molar-refractivity contribution < 1.29 is 23.1 Å². The van der Waals surface area contributed by atoms with E-state index in [-0.39, 0.29) is 11.4 Å². The number of carbonyl (C=O) groups excluding carboxylic acids is 1. The second-order valence-electron chi connectivity index (χ2n) is 2.66. The summed E-state index contributed by atoms with van der Waals surface area (Å²) in [6.07, 6.45) is 0. The van der Waals surface area contributed by atoms with E-state index in [1.54, 1.807) is 0 Å². The van der Waals surface area contributed by atoms with Crippen LogP contribution in [0.3, 0.4) is 0 Å². The molecule has 1 aromatic rings. The van der Waals surface area contributed by atoms with Crippen molar-refractivity contribution in [2.24, 2.45) is 0 Å². The van der Waals surface area contributed by atoms with Crippen LogP contribution in [-0.4, -0.2) is 40.6 Å². The van der Waals surface area contributed by atoms with Crippen LogP contribution in [0.2, 0.25) is 0 Å². The van der Waals surface area contributed by atoms with Crippen LogP contribution in [0, 0.1) is 0 Å². The van der Waals surface area contributed by atoms with E-state index in [2.05, 4.69) is 5.10 Å². The zero-order valence-corrected chi connectivity index (χ0v) is 8.54. The molecule has 82 valence electrons. The highest BCUT2D eigenvalue weighted by molar-refractivity contribution is 8.06. The van der Waals surface area contributed by atoms with Crippen LogP contribution in [0.4, 0.5) is 0 Å². The summed E-state index contributed by atoms with van der Waals surface area (Å²) >= 11 is 0. The van der Waals surface area contributed by atoms with Gasteiger partial charge in [0.1, 0.15) is 11.4 Å². The summed E-state index contributed by atoms with van der Waals surface area (Å²) < 4.78 is 22.3. The molecule has 7 nitrogen and oxygen atoms in total. The first-order chi connectivity index (χ1) is 6.88. The van der Waals surface area contributed by atoms with E-state index < -0.39 is 26.6 Å². The summed E-state index contributed by atoms with van der Waals surface area (Å²) in [6, 6.07) is 0.887. The van der Waals surface area contributed by atoms with Crippen molar-refractivity contribution in [1.29, 1.82) is 0 Å². The largest absolute Gasteiger partial charge is 0.477 e. The van der Waals surface area contributed by atoms with E-state index in [0.717, 1.165) is 6.07 Å². The number of sulfone groups is 1. The number of aromatic amines is 1. The van der Waals surface area contributed by atoms with E-state index in [0.29, 0.717) is 0 Å². The molecule has 1 heterocycles. The van der Waals surface area contributed by atoms with Crippen molar-refractivity contribution in [3.8, 4) is 0 Å². The number of rotatable bonds is 3. The van der Waals surface area contributed by atoms with Crippen molar-refractivity contribution >= 4 is 20.9 Å². The van der Waals surface area contributed by atoms with Crippen molar-refractivity contribution in [3.05, 3.63) is 17.5 Å². The third-order valence-corrected chi connectivity index (χ3v) is 3.21. The second-order valence-corrected chi connectivity index (χ2v) is 4.84. The van der Waals surface area contributed by atoms with Crippen molar-refractivity contribution in [2.45, 2.75) is 6.92 Å². The van der Waals surface area contributed by atoms with Crippen LogP contribution in [0.15, 0.2) is 6.07 Å². The summed E-state index contributed by atoms with van der Waals surface area (Å²) in [6.45, 7) is 1.32. The highest BCUT2D eigenvalue weighted by atomic mass is 32.2. The molecule has 0 aliphatic carbocycles. The Balaban J connectivity index is 3.09. The van der Waals surface area contributed by atoms with Gasteiger partial charge in [-0.05, 0) is 0 Å². The predicted octanol–water partition coefficient (Wildman–Crippen LogP) is -0.317. The third-order valence-electron chi connectivity index (χ3n) is 1.68. The number of hydrogen-bond acceptors (Lipinski definition) is 5. The molecule has 1 aromatic heterocycles. The zero-order valence-electron chi connectivity index (χ0n) is 7.72. The Morgan fingerprint density at radius 2 is 2.13 bits per heavy atom. The lowest BCUT2D eigenvalue weighted by atomic mass is 10.4. The Hall–Kier alpha value is -1.70. The maximum Gasteiger partial charge on any atom is 0.353 e. The van der Waals surface area contributed by atoms with Gasteiger partial charge in [-0.2, -0.15) is 5.10 Å². The maximum atomic E-state index is 11.3. The molecule has 0 aromatic carbocycles. The standard InChI is InChI=1S/C7H8N2O5S/c1-2-15(13,14)7(12)5-3-4(6(10)11)8-9-5/h3H,2H2,1H3,(H,8,9)(H,10,11). The van der Waals surface area contributed by atoms with Crippen molar-refractivity contribution in [1.82, 2.24) is 10.2 Å². The molecule has 0 atom stereocenters. The van der Waals surface area contributed by atoms with Gasteiger partial charge in [-0.15, -0.1) is 0 Å². The minimum absolute atomic E-state index is 0.329. The number of carbonyl (C=O) groups is 2. The van der Waals surface area contributed by atoms with Crippen LogP contribution in [0.1, 0.15) is 27.9 Å². The zero-order chi connectivity index (χ0) is 11.6. The first-order valence-corrected chi connectivity index (χ1v) is 5.59. The molecule has 0 amide bonds. The lowest BCUT2D eigenvalue weighted by Crippen LogP contribution is -2.17. The molecule has 15 heavy (non-hydrogen) atoms. The first-order valence-electron chi connectivity index (χ1n) is 3.94. The van der Waals surface area contributed by atoms with E-state index in [9.17, 15) is 18.0 Å². The SMILES string of the molecule is CCS(=O)(=O)C(=O)c1cc(C(=O)O)[nH]n1. The van der Waals surface area contributed by atoms with Crippen molar-refractivity contribution in [2.75, 3.05) is 5.75 Å². The monoisotopic (exact) mass is 232 g/mol. The number of aromatic carboxylic acids is 1. The number of H-pyrrole nitrogens is 1.